The molecule has 5 rings (SSSR count). The largest absolute Gasteiger partial charge is 0.380 e. The number of nitrogens with one attached hydrogen (secondary N) is 2. The fourth-order valence-electron chi connectivity index (χ4n) is 4.95. The number of aliphatic hydroxyl groups excluding tert-OH is 2. The van der Waals surface area contributed by atoms with Crippen molar-refractivity contribution in [3.8, 4) is 0 Å². The zero-order valence-electron chi connectivity index (χ0n) is 21.4. The highest BCUT2D eigenvalue weighted by atomic mass is 16.7. The summed E-state index contributed by atoms with van der Waals surface area (Å²) in [5.41, 5.74) is 1.13. The van der Waals surface area contributed by atoms with Crippen LogP contribution < -0.4 is 10.6 Å². The van der Waals surface area contributed by atoms with E-state index >= 15 is 0 Å². The number of benzene rings is 4. The van der Waals surface area contributed by atoms with E-state index in [-0.39, 0.29) is 36.9 Å². The van der Waals surface area contributed by atoms with Crippen molar-refractivity contribution in [2.45, 2.75) is 44.3 Å². The van der Waals surface area contributed by atoms with Gasteiger partial charge in [-0.2, -0.15) is 0 Å². The average Bonchev–Trinajstić information content (AvgIpc) is 3.27. The van der Waals surface area contributed by atoms with Crippen LogP contribution in [-0.2, 0) is 35.2 Å². The van der Waals surface area contributed by atoms with Gasteiger partial charge in [0.25, 0.3) is 17.7 Å². The van der Waals surface area contributed by atoms with Crippen LogP contribution in [0.4, 0.5) is 0 Å². The third-order valence-corrected chi connectivity index (χ3v) is 7.01. The van der Waals surface area contributed by atoms with Crippen LogP contribution in [0.5, 0.6) is 0 Å². The number of carbonyl (C=O) groups is 5. The Morgan fingerprint density at radius 1 is 0.825 bits per heavy atom. The Labute approximate surface area is 228 Å². The number of aryl methyl sites for hydroxylation is 1. The number of aliphatic hydroxyl groups is 2. The van der Waals surface area contributed by atoms with Crippen LogP contribution >= 0.6 is 0 Å². The molecule has 4 amide bonds. The Kier molecular flexibility index (Phi) is 7.58. The van der Waals surface area contributed by atoms with Gasteiger partial charge in [-0.25, -0.2) is 4.79 Å². The molecule has 0 bridgehead atoms. The highest BCUT2D eigenvalue weighted by Crippen LogP contribution is 2.36. The summed E-state index contributed by atoms with van der Waals surface area (Å²) in [6.07, 6.45) is -3.47. The van der Waals surface area contributed by atoms with Gasteiger partial charge in [0.05, 0.1) is 6.67 Å². The molecular weight excluding hydrogens is 518 g/mol. The molecule has 1 heterocycles. The van der Waals surface area contributed by atoms with Gasteiger partial charge in [0.15, 0.2) is 12.2 Å². The van der Waals surface area contributed by atoms with Crippen molar-refractivity contribution in [3.63, 3.8) is 0 Å². The zero-order valence-corrected chi connectivity index (χ0v) is 21.4. The van der Waals surface area contributed by atoms with Crippen molar-refractivity contribution in [1.29, 1.82) is 0 Å². The SMILES string of the molecule is O=C(CCCc1ccc2ccc3cccc4ccc1c2c34)NCNC(=O)C(O)C(O)C(=O)ON1C(=O)CCC1=O. The van der Waals surface area contributed by atoms with Crippen molar-refractivity contribution in [1.82, 2.24) is 15.7 Å². The maximum absolute atomic E-state index is 12.3. The monoisotopic (exact) mass is 545 g/mol. The fourth-order valence-corrected chi connectivity index (χ4v) is 4.95. The molecule has 0 radical (unpaired) electrons. The van der Waals surface area contributed by atoms with E-state index in [9.17, 15) is 34.2 Å². The Hall–Kier alpha value is -4.61. The number of nitrogens with zero attached hydrogens (tertiary/aromatic N) is 1. The van der Waals surface area contributed by atoms with Crippen LogP contribution in [0.1, 0.15) is 31.2 Å². The van der Waals surface area contributed by atoms with Gasteiger partial charge < -0.3 is 25.7 Å². The Morgan fingerprint density at radius 2 is 1.45 bits per heavy atom. The van der Waals surface area contributed by atoms with Gasteiger partial charge in [0.2, 0.25) is 5.91 Å². The van der Waals surface area contributed by atoms with Gasteiger partial charge in [-0.15, -0.1) is 5.06 Å². The second kappa shape index (κ2) is 11.2. The quantitative estimate of drug-likeness (QED) is 0.132. The zero-order chi connectivity index (χ0) is 28.4. The molecule has 11 heteroatoms. The molecule has 11 nitrogen and oxygen atoms in total. The Bertz CT molecular complexity index is 1600. The predicted molar refractivity (Wildman–Crippen MR) is 143 cm³/mol. The summed E-state index contributed by atoms with van der Waals surface area (Å²) in [5.74, 6) is -4.57. The molecule has 1 aliphatic heterocycles. The van der Waals surface area contributed by atoms with Crippen molar-refractivity contribution in [2.24, 2.45) is 0 Å². The lowest BCUT2D eigenvalue weighted by atomic mass is 9.90. The topological polar surface area (TPSA) is 162 Å². The summed E-state index contributed by atoms with van der Waals surface area (Å²) in [6.45, 7) is -0.349. The van der Waals surface area contributed by atoms with E-state index in [1.807, 2.05) is 6.07 Å². The first kappa shape index (κ1) is 27.0. The lowest BCUT2D eigenvalue weighted by Gasteiger charge is -2.19. The van der Waals surface area contributed by atoms with E-state index in [0.717, 1.165) is 16.3 Å². The van der Waals surface area contributed by atoms with Crippen molar-refractivity contribution >= 4 is 61.9 Å². The van der Waals surface area contributed by atoms with E-state index in [4.69, 9.17) is 0 Å². The minimum Gasteiger partial charge on any atom is -0.380 e. The first-order valence-electron chi connectivity index (χ1n) is 12.9. The van der Waals surface area contributed by atoms with Crippen molar-refractivity contribution in [2.75, 3.05) is 6.67 Å². The molecule has 0 saturated carbocycles. The summed E-state index contributed by atoms with van der Waals surface area (Å²) in [4.78, 5) is 63.8. The molecule has 0 spiro atoms. The standard InChI is InChI=1S/C29H27N3O8/c33-21(30-15-31-28(38)26(36)27(37)29(39)40-32-22(34)13-14-23(32)35)6-2-3-16-7-8-19-10-9-17-4-1-5-18-11-12-20(16)25(19)24(17)18/h1,4-5,7-12,26-27,36-37H,2-3,6,13-15H2,(H,30,33)(H,31,38). The van der Waals surface area contributed by atoms with Crippen molar-refractivity contribution < 1.29 is 39.0 Å². The van der Waals surface area contributed by atoms with Crippen LogP contribution in [0, 0.1) is 0 Å². The smallest absolute Gasteiger partial charge is 0.364 e. The van der Waals surface area contributed by atoms with E-state index in [1.165, 1.54) is 21.5 Å². The maximum Gasteiger partial charge on any atom is 0.364 e. The second-order valence-electron chi connectivity index (χ2n) is 9.63. The van der Waals surface area contributed by atoms with Crippen LogP contribution in [-0.4, -0.2) is 63.8 Å². The summed E-state index contributed by atoms with van der Waals surface area (Å²) in [6, 6.07) is 18.9. The predicted octanol–water partition coefficient (Wildman–Crippen LogP) is 1.43. The highest BCUT2D eigenvalue weighted by Gasteiger charge is 2.38. The summed E-state index contributed by atoms with van der Waals surface area (Å²) in [7, 11) is 0. The number of rotatable bonds is 10. The fraction of sp³-hybridized carbons (Fsp3) is 0.276. The highest BCUT2D eigenvalue weighted by molar-refractivity contribution is 6.23. The molecule has 1 saturated heterocycles. The van der Waals surface area contributed by atoms with E-state index in [1.54, 1.807) is 0 Å². The molecule has 4 N–H and O–H groups in total. The molecular formula is C29H27N3O8. The van der Waals surface area contributed by atoms with Crippen LogP contribution in [0.25, 0.3) is 32.3 Å². The number of carbonyl (C=O) groups excluding carboxylic acids is 5. The normalized spacial score (nSPS) is 15.1. The van der Waals surface area contributed by atoms with E-state index in [2.05, 4.69) is 64.0 Å². The first-order valence-corrected chi connectivity index (χ1v) is 12.9. The molecule has 1 fully saturated rings. The molecule has 1 aliphatic rings. The van der Waals surface area contributed by atoms with Gasteiger partial charge in [-0.1, -0.05) is 54.6 Å². The first-order chi connectivity index (χ1) is 19.2. The average molecular weight is 546 g/mol. The third kappa shape index (κ3) is 5.29. The van der Waals surface area contributed by atoms with Gasteiger partial charge >= 0.3 is 5.97 Å². The van der Waals surface area contributed by atoms with Gasteiger partial charge in [-0.05, 0) is 50.7 Å². The minimum absolute atomic E-state index is 0.149. The van der Waals surface area contributed by atoms with Crippen LogP contribution in [0.2, 0.25) is 0 Å². The molecule has 0 aromatic heterocycles. The summed E-state index contributed by atoms with van der Waals surface area (Å²) in [5, 5.41) is 31.8. The number of imide groups is 1. The molecule has 206 valence electrons. The molecule has 2 unspecified atom stereocenters. The maximum atomic E-state index is 12.3. The van der Waals surface area contributed by atoms with Crippen molar-refractivity contribution in [3.05, 3.63) is 60.2 Å². The molecule has 4 aromatic rings. The Morgan fingerprint density at radius 3 is 2.15 bits per heavy atom. The lowest BCUT2D eigenvalue weighted by Crippen LogP contribution is -2.50. The summed E-state index contributed by atoms with van der Waals surface area (Å²) < 4.78 is 0. The Balaban J connectivity index is 1.09. The van der Waals surface area contributed by atoms with Crippen LogP contribution in [0.3, 0.4) is 0 Å². The van der Waals surface area contributed by atoms with Gasteiger partial charge in [0, 0.05) is 19.3 Å². The molecule has 4 aromatic carbocycles. The number of amides is 4. The molecule has 0 aliphatic carbocycles. The number of hydrogen-bond donors (Lipinski definition) is 4. The number of hydrogen-bond acceptors (Lipinski definition) is 8. The lowest BCUT2D eigenvalue weighted by molar-refractivity contribution is -0.206. The van der Waals surface area contributed by atoms with Crippen LogP contribution in [0.15, 0.2) is 54.6 Å². The van der Waals surface area contributed by atoms with Gasteiger partial charge in [0.1, 0.15) is 0 Å². The second-order valence-corrected chi connectivity index (χ2v) is 9.63. The van der Waals surface area contributed by atoms with E-state index in [0.29, 0.717) is 12.8 Å². The van der Waals surface area contributed by atoms with E-state index < -0.39 is 35.9 Å². The third-order valence-electron chi connectivity index (χ3n) is 7.01. The molecule has 2 atom stereocenters. The minimum atomic E-state index is -2.35. The van der Waals surface area contributed by atoms with Gasteiger partial charge in [-0.3, -0.25) is 19.2 Å². The summed E-state index contributed by atoms with van der Waals surface area (Å²) >= 11 is 0. The molecule has 40 heavy (non-hydrogen) atoms. The number of hydroxylamine groups is 2.